The van der Waals surface area contributed by atoms with Gasteiger partial charge in [0, 0.05) is 11.9 Å². The Kier molecular flexibility index (Phi) is 7.54. The maximum Gasteiger partial charge on any atom is 0.0235 e. The number of hydrogen-bond acceptors (Lipinski definition) is 1. The van der Waals surface area contributed by atoms with Crippen LogP contribution in [0.15, 0.2) is 0 Å². The molecule has 0 bridgehead atoms. The maximum atomic E-state index is 5.53. The molecule has 0 aliphatic heterocycles. The Hall–Kier alpha value is 0.250. The van der Waals surface area contributed by atoms with E-state index in [0.717, 1.165) is 18.8 Å². The quantitative estimate of drug-likeness (QED) is 0.469. The second-order valence-corrected chi connectivity index (χ2v) is 2.89. The maximum absolute atomic E-state index is 5.53. The zero-order chi connectivity index (χ0) is 7.82. The first kappa shape index (κ1) is 10.2. The molecule has 1 N–H and O–H groups in total. The summed E-state index contributed by atoms with van der Waals surface area (Å²) in [6, 6.07) is 0.697. The first-order valence-electron chi connectivity index (χ1n) is 4.14. The lowest BCUT2D eigenvalue weighted by molar-refractivity contribution is 0.485. The van der Waals surface area contributed by atoms with Crippen molar-refractivity contribution in [1.29, 1.82) is 0 Å². The van der Waals surface area contributed by atoms with Gasteiger partial charge in [-0.25, -0.2) is 0 Å². The number of alkyl halides is 1. The lowest BCUT2D eigenvalue weighted by Gasteiger charge is -2.13. The molecule has 0 amide bonds. The summed E-state index contributed by atoms with van der Waals surface area (Å²) < 4.78 is 0. The molecular formula is C8H18ClN. The Labute approximate surface area is 69.1 Å². The van der Waals surface area contributed by atoms with Crippen LogP contribution >= 0.6 is 11.6 Å². The molecular weight excluding hydrogens is 146 g/mol. The van der Waals surface area contributed by atoms with E-state index in [-0.39, 0.29) is 0 Å². The van der Waals surface area contributed by atoms with Crippen molar-refractivity contribution in [3.8, 4) is 0 Å². The first-order valence-corrected chi connectivity index (χ1v) is 4.67. The molecule has 0 aromatic heterocycles. The standard InChI is InChI=1S/C8H18ClN/c1-3-8(4-2)10-7-5-6-9/h8,10H,3-7H2,1-2H3. The summed E-state index contributed by atoms with van der Waals surface area (Å²) in [6.45, 7) is 5.49. The van der Waals surface area contributed by atoms with Gasteiger partial charge in [0.2, 0.25) is 0 Å². The molecule has 0 spiro atoms. The van der Waals surface area contributed by atoms with Crippen LogP contribution in [0, 0.1) is 0 Å². The van der Waals surface area contributed by atoms with Crippen molar-refractivity contribution in [2.45, 2.75) is 39.2 Å². The highest BCUT2D eigenvalue weighted by atomic mass is 35.5. The lowest BCUT2D eigenvalue weighted by Crippen LogP contribution is -2.28. The molecule has 0 rings (SSSR count). The van der Waals surface area contributed by atoms with Gasteiger partial charge < -0.3 is 5.32 Å². The van der Waals surface area contributed by atoms with Crippen LogP contribution in [0.5, 0.6) is 0 Å². The Balaban J connectivity index is 3.09. The minimum atomic E-state index is 0.697. The van der Waals surface area contributed by atoms with Crippen LogP contribution in [-0.4, -0.2) is 18.5 Å². The van der Waals surface area contributed by atoms with Crippen LogP contribution in [0.3, 0.4) is 0 Å². The van der Waals surface area contributed by atoms with E-state index in [2.05, 4.69) is 19.2 Å². The molecule has 0 unspecified atom stereocenters. The van der Waals surface area contributed by atoms with E-state index in [1.54, 1.807) is 0 Å². The molecule has 0 saturated carbocycles. The molecule has 0 atom stereocenters. The highest BCUT2D eigenvalue weighted by molar-refractivity contribution is 6.17. The van der Waals surface area contributed by atoms with Crippen molar-refractivity contribution in [2.75, 3.05) is 12.4 Å². The van der Waals surface area contributed by atoms with Crippen LogP contribution in [-0.2, 0) is 0 Å². The van der Waals surface area contributed by atoms with E-state index in [0.29, 0.717) is 6.04 Å². The lowest BCUT2D eigenvalue weighted by atomic mass is 10.2. The minimum absolute atomic E-state index is 0.697. The van der Waals surface area contributed by atoms with Crippen molar-refractivity contribution in [3.63, 3.8) is 0 Å². The zero-order valence-corrected chi connectivity index (χ0v) is 7.75. The molecule has 0 fully saturated rings. The first-order chi connectivity index (χ1) is 4.85. The fourth-order valence-corrected chi connectivity index (χ4v) is 1.08. The van der Waals surface area contributed by atoms with Crippen LogP contribution < -0.4 is 5.32 Å². The Morgan fingerprint density at radius 1 is 1.30 bits per heavy atom. The fourth-order valence-electron chi connectivity index (χ4n) is 0.950. The summed E-state index contributed by atoms with van der Waals surface area (Å²) in [7, 11) is 0. The van der Waals surface area contributed by atoms with E-state index in [1.165, 1.54) is 12.8 Å². The van der Waals surface area contributed by atoms with Crippen LogP contribution in [0.2, 0.25) is 0 Å². The van der Waals surface area contributed by atoms with E-state index in [1.807, 2.05) is 0 Å². The minimum Gasteiger partial charge on any atom is -0.314 e. The summed E-state index contributed by atoms with van der Waals surface area (Å²) in [5, 5.41) is 3.44. The van der Waals surface area contributed by atoms with Gasteiger partial charge in [-0.2, -0.15) is 0 Å². The third-order valence-corrected chi connectivity index (χ3v) is 2.00. The van der Waals surface area contributed by atoms with Crippen molar-refractivity contribution < 1.29 is 0 Å². The van der Waals surface area contributed by atoms with Gasteiger partial charge >= 0.3 is 0 Å². The largest absolute Gasteiger partial charge is 0.314 e. The molecule has 2 heteroatoms. The predicted octanol–water partition coefficient (Wildman–Crippen LogP) is 2.39. The molecule has 1 nitrogen and oxygen atoms in total. The highest BCUT2D eigenvalue weighted by Crippen LogP contribution is 1.95. The van der Waals surface area contributed by atoms with Crippen molar-refractivity contribution in [2.24, 2.45) is 0 Å². The Morgan fingerprint density at radius 2 is 1.90 bits per heavy atom. The Morgan fingerprint density at radius 3 is 2.30 bits per heavy atom. The van der Waals surface area contributed by atoms with Crippen LogP contribution in [0.4, 0.5) is 0 Å². The smallest absolute Gasteiger partial charge is 0.0235 e. The molecule has 0 heterocycles. The van der Waals surface area contributed by atoms with E-state index < -0.39 is 0 Å². The van der Waals surface area contributed by atoms with Crippen molar-refractivity contribution >= 4 is 11.6 Å². The monoisotopic (exact) mass is 163 g/mol. The van der Waals surface area contributed by atoms with Crippen molar-refractivity contribution in [1.82, 2.24) is 5.32 Å². The van der Waals surface area contributed by atoms with Gasteiger partial charge in [0.05, 0.1) is 0 Å². The summed E-state index contributed by atoms with van der Waals surface area (Å²) in [6.07, 6.45) is 3.52. The second-order valence-electron chi connectivity index (χ2n) is 2.51. The average molecular weight is 164 g/mol. The summed E-state index contributed by atoms with van der Waals surface area (Å²) in [4.78, 5) is 0. The zero-order valence-electron chi connectivity index (χ0n) is 6.99. The van der Waals surface area contributed by atoms with Gasteiger partial charge in [-0.15, -0.1) is 11.6 Å². The van der Waals surface area contributed by atoms with Crippen LogP contribution in [0.1, 0.15) is 33.1 Å². The SMILES string of the molecule is CCC(CC)NCCCCl. The molecule has 0 aromatic rings. The van der Waals surface area contributed by atoms with Gasteiger partial charge in [-0.1, -0.05) is 13.8 Å². The number of rotatable bonds is 6. The average Bonchev–Trinajstić information content (AvgIpc) is 1.99. The van der Waals surface area contributed by atoms with E-state index in [4.69, 9.17) is 11.6 Å². The number of halogens is 1. The van der Waals surface area contributed by atoms with Gasteiger partial charge in [-0.3, -0.25) is 0 Å². The summed E-state index contributed by atoms with van der Waals surface area (Å²) >= 11 is 5.53. The molecule has 0 aliphatic rings. The molecule has 10 heavy (non-hydrogen) atoms. The third kappa shape index (κ3) is 5.07. The van der Waals surface area contributed by atoms with E-state index >= 15 is 0 Å². The number of hydrogen-bond donors (Lipinski definition) is 1. The van der Waals surface area contributed by atoms with Crippen molar-refractivity contribution in [3.05, 3.63) is 0 Å². The molecule has 62 valence electrons. The van der Waals surface area contributed by atoms with E-state index in [9.17, 15) is 0 Å². The topological polar surface area (TPSA) is 12.0 Å². The Bertz CT molecular complexity index is 62.3. The third-order valence-electron chi connectivity index (χ3n) is 1.73. The predicted molar refractivity (Wildman–Crippen MR) is 47.7 cm³/mol. The van der Waals surface area contributed by atoms with Gasteiger partial charge in [0.25, 0.3) is 0 Å². The molecule has 0 aromatic carbocycles. The molecule has 0 saturated heterocycles. The summed E-state index contributed by atoms with van der Waals surface area (Å²) in [5.41, 5.74) is 0. The fraction of sp³-hybridized carbons (Fsp3) is 1.00. The molecule has 0 radical (unpaired) electrons. The van der Waals surface area contributed by atoms with Gasteiger partial charge in [-0.05, 0) is 25.8 Å². The summed E-state index contributed by atoms with van der Waals surface area (Å²) in [5.74, 6) is 0.771. The molecule has 0 aliphatic carbocycles. The van der Waals surface area contributed by atoms with Gasteiger partial charge in [0.15, 0.2) is 0 Å². The highest BCUT2D eigenvalue weighted by Gasteiger charge is 1.99. The van der Waals surface area contributed by atoms with Crippen LogP contribution in [0.25, 0.3) is 0 Å². The second kappa shape index (κ2) is 7.36. The van der Waals surface area contributed by atoms with Gasteiger partial charge in [0.1, 0.15) is 0 Å². The normalized spacial score (nSPS) is 10.8. The number of nitrogens with one attached hydrogen (secondary N) is 1.